The maximum Gasteiger partial charge on any atom is 0.325 e. The number of benzene rings is 2. The summed E-state index contributed by atoms with van der Waals surface area (Å²) >= 11 is 10.5. The molecule has 9 nitrogen and oxygen atoms in total. The van der Waals surface area contributed by atoms with Crippen LogP contribution < -0.4 is 10.6 Å². The summed E-state index contributed by atoms with van der Waals surface area (Å²) in [6, 6.07) is 12.7. The molecule has 3 N–H and O–H groups in total. The molecular formula is C25H24ClN5O4S. The van der Waals surface area contributed by atoms with Crippen molar-refractivity contribution in [2.45, 2.75) is 4.90 Å². The molecule has 186 valence electrons. The summed E-state index contributed by atoms with van der Waals surface area (Å²) < 4.78 is 4.76. The van der Waals surface area contributed by atoms with Crippen molar-refractivity contribution in [3.63, 3.8) is 0 Å². The van der Waals surface area contributed by atoms with Crippen molar-refractivity contribution < 1.29 is 19.1 Å². The first-order valence-electron chi connectivity index (χ1n) is 10.6. The summed E-state index contributed by atoms with van der Waals surface area (Å²) in [5.74, 6) is -1.46. The van der Waals surface area contributed by atoms with Gasteiger partial charge >= 0.3 is 5.97 Å². The number of hydrogen-bond acceptors (Lipinski definition) is 7. The largest absolute Gasteiger partial charge is 0.468 e. The molecule has 36 heavy (non-hydrogen) atoms. The Kier molecular flexibility index (Phi) is 8.33. The number of esters is 1. The van der Waals surface area contributed by atoms with Gasteiger partial charge in [0.05, 0.1) is 17.7 Å². The number of nitrogens with one attached hydrogen (secondary N) is 1. The molecule has 0 bridgehead atoms. The number of halogens is 1. The molecule has 0 unspecified atom stereocenters. The summed E-state index contributed by atoms with van der Waals surface area (Å²) in [6.07, 6.45) is 1.36. The first-order chi connectivity index (χ1) is 17.0. The third-order valence-corrected chi connectivity index (χ3v) is 6.01. The van der Waals surface area contributed by atoms with Crippen LogP contribution in [0.2, 0.25) is 5.02 Å². The van der Waals surface area contributed by atoms with Gasteiger partial charge in [-0.3, -0.25) is 24.7 Å². The van der Waals surface area contributed by atoms with Gasteiger partial charge in [0.1, 0.15) is 18.2 Å². The molecule has 0 fully saturated rings. The van der Waals surface area contributed by atoms with Crippen LogP contribution in [0.15, 0.2) is 59.6 Å². The Morgan fingerprint density at radius 2 is 1.81 bits per heavy atom. The predicted molar refractivity (Wildman–Crippen MR) is 141 cm³/mol. The maximum absolute atomic E-state index is 13.6. The van der Waals surface area contributed by atoms with Crippen LogP contribution in [-0.2, 0) is 9.53 Å². The molecule has 0 saturated carbocycles. The molecule has 0 aliphatic rings. The number of aromatic nitrogens is 1. The number of thiol groups is 1. The van der Waals surface area contributed by atoms with Crippen LogP contribution in [-0.4, -0.2) is 61.3 Å². The van der Waals surface area contributed by atoms with Crippen LogP contribution in [0.4, 0.5) is 5.82 Å². The van der Waals surface area contributed by atoms with Gasteiger partial charge in [0, 0.05) is 36.3 Å². The Hall–Kier alpha value is -3.89. The fourth-order valence-electron chi connectivity index (χ4n) is 3.44. The number of nitrogens with zero attached hydrogens (tertiary/aromatic N) is 3. The smallest absolute Gasteiger partial charge is 0.325 e. The van der Waals surface area contributed by atoms with E-state index in [1.165, 1.54) is 24.3 Å². The third kappa shape index (κ3) is 5.67. The van der Waals surface area contributed by atoms with Crippen molar-refractivity contribution in [3.05, 3.63) is 76.4 Å². The lowest BCUT2D eigenvalue weighted by atomic mass is 9.94. The number of nitrogens with two attached hydrogens (primary N) is 1. The number of pyridine rings is 1. The topological polar surface area (TPSA) is 130 Å². The van der Waals surface area contributed by atoms with Crippen molar-refractivity contribution in [3.8, 4) is 11.1 Å². The second-order valence-corrected chi connectivity index (χ2v) is 8.76. The lowest BCUT2D eigenvalue weighted by Gasteiger charge is -2.23. The van der Waals surface area contributed by atoms with Crippen LogP contribution in [0.3, 0.4) is 0 Å². The van der Waals surface area contributed by atoms with Gasteiger partial charge in [0.15, 0.2) is 0 Å². The Balaban J connectivity index is 2.20. The first kappa shape index (κ1) is 26.7. The lowest BCUT2D eigenvalue weighted by Crippen LogP contribution is -2.37. The molecule has 0 saturated heterocycles. The van der Waals surface area contributed by atoms with Crippen LogP contribution in [0, 0.1) is 5.41 Å². The van der Waals surface area contributed by atoms with Crippen molar-refractivity contribution in [2.75, 3.05) is 32.6 Å². The fraction of sp³-hybridized carbons (Fsp3) is 0.160. The number of rotatable bonds is 7. The Bertz CT molecular complexity index is 1340. The van der Waals surface area contributed by atoms with Crippen LogP contribution in [0.1, 0.15) is 26.3 Å². The van der Waals surface area contributed by atoms with E-state index in [2.05, 4.69) is 17.6 Å². The SMILES string of the molecule is COC(=O)CN(C(=O)c1ccc(C(=N)N(C)C)c(-c2cccc(C(N)=O)c2S)c1)c1ccc(Cl)cn1. The van der Waals surface area contributed by atoms with Gasteiger partial charge in [-0.2, -0.15) is 0 Å². The quantitative estimate of drug-likeness (QED) is 0.187. The second kappa shape index (κ2) is 11.2. The highest BCUT2D eigenvalue weighted by Crippen LogP contribution is 2.33. The van der Waals surface area contributed by atoms with E-state index in [1.807, 2.05) is 0 Å². The number of hydrogen-bond donors (Lipinski definition) is 3. The summed E-state index contributed by atoms with van der Waals surface area (Å²) in [6.45, 7) is -0.385. The number of ether oxygens (including phenoxy) is 1. The van der Waals surface area contributed by atoms with E-state index >= 15 is 0 Å². The van der Waals surface area contributed by atoms with Crippen molar-refractivity contribution >= 4 is 53.7 Å². The molecule has 0 spiro atoms. The van der Waals surface area contributed by atoms with E-state index < -0.39 is 17.8 Å². The Morgan fingerprint density at radius 3 is 2.39 bits per heavy atom. The lowest BCUT2D eigenvalue weighted by molar-refractivity contribution is -0.138. The molecule has 11 heteroatoms. The minimum absolute atomic E-state index is 0.173. The summed E-state index contributed by atoms with van der Waals surface area (Å²) in [5.41, 5.74) is 7.40. The van der Waals surface area contributed by atoms with Crippen molar-refractivity contribution in [1.29, 1.82) is 5.41 Å². The molecule has 3 aromatic rings. The highest BCUT2D eigenvalue weighted by atomic mass is 35.5. The highest BCUT2D eigenvalue weighted by molar-refractivity contribution is 7.80. The van der Waals surface area contributed by atoms with Crippen molar-refractivity contribution in [2.24, 2.45) is 5.73 Å². The van der Waals surface area contributed by atoms with Gasteiger partial charge in [0.2, 0.25) is 5.91 Å². The molecule has 0 aliphatic carbocycles. The predicted octanol–water partition coefficient (Wildman–Crippen LogP) is 3.50. The molecule has 0 atom stereocenters. The van der Waals surface area contributed by atoms with E-state index in [-0.39, 0.29) is 29.3 Å². The highest BCUT2D eigenvalue weighted by Gasteiger charge is 2.25. The molecule has 1 aromatic heterocycles. The van der Waals surface area contributed by atoms with Crippen LogP contribution in [0.5, 0.6) is 0 Å². The number of carbonyl (C=O) groups is 3. The van der Waals surface area contributed by atoms with Gasteiger partial charge in [-0.05, 0) is 47.5 Å². The normalized spacial score (nSPS) is 10.5. The summed E-state index contributed by atoms with van der Waals surface area (Å²) in [4.78, 5) is 44.9. The number of amides is 2. The van der Waals surface area contributed by atoms with Crippen molar-refractivity contribution in [1.82, 2.24) is 9.88 Å². The second-order valence-electron chi connectivity index (χ2n) is 7.87. The zero-order chi connectivity index (χ0) is 26.6. The molecular weight excluding hydrogens is 502 g/mol. The standard InChI is InChI=1S/C25H24ClN5O4S/c1-30(2)23(27)17-9-7-14(11-19(17)16-5-4-6-18(22(16)36)24(28)33)25(34)31(13-21(32)35-3)20-10-8-15(26)12-29-20/h4-12,27,36H,13H2,1-3H3,(H2,28,33). The van der Waals surface area contributed by atoms with Gasteiger partial charge in [-0.15, -0.1) is 12.6 Å². The fourth-order valence-corrected chi connectivity index (χ4v) is 3.93. The van der Waals surface area contributed by atoms with E-state index in [4.69, 9.17) is 27.5 Å². The third-order valence-electron chi connectivity index (χ3n) is 5.31. The minimum Gasteiger partial charge on any atom is -0.468 e. The van der Waals surface area contributed by atoms with E-state index in [0.29, 0.717) is 26.6 Å². The molecule has 2 amide bonds. The zero-order valence-electron chi connectivity index (χ0n) is 19.8. The van der Waals surface area contributed by atoms with Gasteiger partial charge in [0.25, 0.3) is 5.91 Å². The van der Waals surface area contributed by atoms with E-state index in [0.717, 1.165) is 0 Å². The number of carbonyl (C=O) groups excluding carboxylic acids is 3. The van der Waals surface area contributed by atoms with E-state index in [9.17, 15) is 14.4 Å². The van der Waals surface area contributed by atoms with Gasteiger partial charge in [-0.1, -0.05) is 23.7 Å². The minimum atomic E-state index is -0.656. The first-order valence-corrected chi connectivity index (χ1v) is 11.4. The van der Waals surface area contributed by atoms with Crippen LogP contribution >= 0.6 is 24.2 Å². The molecule has 2 aromatic carbocycles. The number of amidine groups is 1. The number of methoxy groups -OCH3 is 1. The summed E-state index contributed by atoms with van der Waals surface area (Å²) in [7, 11) is 4.66. The molecule has 1 heterocycles. The monoisotopic (exact) mass is 525 g/mol. The Labute approximate surface area is 218 Å². The molecule has 0 aliphatic heterocycles. The zero-order valence-corrected chi connectivity index (χ0v) is 21.4. The average molecular weight is 526 g/mol. The summed E-state index contributed by atoms with van der Waals surface area (Å²) in [5, 5.41) is 8.92. The number of primary amides is 1. The van der Waals surface area contributed by atoms with Gasteiger partial charge in [-0.25, -0.2) is 4.98 Å². The molecule has 0 radical (unpaired) electrons. The number of anilines is 1. The molecule has 3 rings (SSSR count). The Morgan fingerprint density at radius 1 is 1.08 bits per heavy atom. The van der Waals surface area contributed by atoms with Crippen LogP contribution in [0.25, 0.3) is 11.1 Å². The van der Waals surface area contributed by atoms with Gasteiger partial charge < -0.3 is 15.4 Å². The van der Waals surface area contributed by atoms with E-state index in [1.54, 1.807) is 61.5 Å². The average Bonchev–Trinajstić information content (AvgIpc) is 2.86. The maximum atomic E-state index is 13.6.